The molecule has 0 unspecified atom stereocenters. The van der Waals surface area contributed by atoms with Gasteiger partial charge in [0.1, 0.15) is 0 Å². The van der Waals surface area contributed by atoms with E-state index in [0.29, 0.717) is 17.7 Å². The Labute approximate surface area is 127 Å². The van der Waals surface area contributed by atoms with Crippen molar-refractivity contribution >= 4 is 10.0 Å². The van der Waals surface area contributed by atoms with Crippen LogP contribution in [0.3, 0.4) is 0 Å². The molecule has 1 fully saturated rings. The molecule has 0 heterocycles. The zero-order valence-corrected chi connectivity index (χ0v) is 13.2. The molecule has 0 atom stereocenters. The number of nitrogens with one attached hydrogen (secondary N) is 1. The molecule has 2 rings (SSSR count). The van der Waals surface area contributed by atoms with Crippen molar-refractivity contribution in [2.75, 3.05) is 6.54 Å². The molecule has 5 heteroatoms. The van der Waals surface area contributed by atoms with Crippen LogP contribution >= 0.6 is 0 Å². The fraction of sp³-hybridized carbons (Fsp3) is 0.562. The van der Waals surface area contributed by atoms with Crippen LogP contribution in [-0.2, 0) is 15.8 Å². The first-order chi connectivity index (χ1) is 10.0. The lowest BCUT2D eigenvalue weighted by Crippen LogP contribution is -2.36. The van der Waals surface area contributed by atoms with Crippen LogP contribution in [0, 0.1) is 16.7 Å². The van der Waals surface area contributed by atoms with Crippen LogP contribution in [0.1, 0.15) is 50.2 Å². The van der Waals surface area contributed by atoms with E-state index in [4.69, 9.17) is 5.26 Å². The van der Waals surface area contributed by atoms with Gasteiger partial charge in [-0.1, -0.05) is 38.0 Å². The topological polar surface area (TPSA) is 70.0 Å². The number of benzene rings is 1. The molecule has 1 N–H and O–H groups in total. The van der Waals surface area contributed by atoms with E-state index in [9.17, 15) is 8.42 Å². The Morgan fingerprint density at radius 1 is 1.29 bits per heavy atom. The number of rotatable bonds is 6. The Bertz CT molecular complexity index is 626. The van der Waals surface area contributed by atoms with Crippen molar-refractivity contribution in [3.05, 3.63) is 35.4 Å². The molecule has 114 valence electrons. The largest absolute Gasteiger partial charge is 0.215 e. The normalized spacial score (nSPS) is 17.5. The first-order valence-electron chi connectivity index (χ1n) is 7.46. The maximum atomic E-state index is 12.3. The van der Waals surface area contributed by atoms with Crippen LogP contribution in [0.2, 0.25) is 0 Å². The molecular formula is C16H22N2O2S. The minimum absolute atomic E-state index is 0.127. The summed E-state index contributed by atoms with van der Waals surface area (Å²) >= 11 is 0. The van der Waals surface area contributed by atoms with Crippen molar-refractivity contribution in [3.63, 3.8) is 0 Å². The average Bonchev–Trinajstić information content (AvgIpc) is 2.95. The van der Waals surface area contributed by atoms with Gasteiger partial charge in [-0.2, -0.15) is 5.26 Å². The van der Waals surface area contributed by atoms with E-state index in [1.165, 1.54) is 12.8 Å². The van der Waals surface area contributed by atoms with Gasteiger partial charge in [-0.3, -0.25) is 0 Å². The predicted octanol–water partition coefficient (Wildman–Crippen LogP) is 2.95. The summed E-state index contributed by atoms with van der Waals surface area (Å²) < 4.78 is 27.3. The van der Waals surface area contributed by atoms with E-state index in [-0.39, 0.29) is 11.2 Å². The molecule has 0 saturated heterocycles. The SMILES string of the molecule is CCC1(CNS(=O)(=O)Cc2ccccc2C#N)CCCC1. The Hall–Kier alpha value is -1.38. The van der Waals surface area contributed by atoms with Crippen LogP contribution in [-0.4, -0.2) is 15.0 Å². The van der Waals surface area contributed by atoms with Gasteiger partial charge >= 0.3 is 0 Å². The smallest absolute Gasteiger partial charge is 0.214 e. The Morgan fingerprint density at radius 2 is 1.95 bits per heavy atom. The zero-order chi connectivity index (χ0) is 15.3. The van der Waals surface area contributed by atoms with E-state index in [1.807, 2.05) is 6.07 Å². The summed E-state index contributed by atoms with van der Waals surface area (Å²) in [5, 5.41) is 9.03. The van der Waals surface area contributed by atoms with Gasteiger partial charge in [-0.25, -0.2) is 13.1 Å². The standard InChI is InChI=1S/C16H22N2O2S/c1-2-16(9-5-6-10-16)13-18-21(19,20)12-15-8-4-3-7-14(15)11-17/h3-4,7-8,18H,2,5-6,9-10,12-13H2,1H3. The molecule has 1 aliphatic carbocycles. The predicted molar refractivity (Wildman–Crippen MR) is 83.0 cm³/mol. The highest BCUT2D eigenvalue weighted by Gasteiger charge is 2.33. The zero-order valence-electron chi connectivity index (χ0n) is 12.4. The lowest BCUT2D eigenvalue weighted by molar-refractivity contribution is 0.285. The Kier molecular flexibility index (Phi) is 5.02. The van der Waals surface area contributed by atoms with E-state index in [1.54, 1.807) is 24.3 Å². The van der Waals surface area contributed by atoms with Crippen LogP contribution < -0.4 is 4.72 Å². The Balaban J connectivity index is 2.04. The van der Waals surface area contributed by atoms with Gasteiger partial charge < -0.3 is 0 Å². The molecule has 0 aliphatic heterocycles. The van der Waals surface area contributed by atoms with Gasteiger partial charge in [-0.15, -0.1) is 0 Å². The van der Waals surface area contributed by atoms with Crippen molar-refractivity contribution in [1.29, 1.82) is 5.26 Å². The number of hydrogen-bond donors (Lipinski definition) is 1. The quantitative estimate of drug-likeness (QED) is 0.878. The number of hydrogen-bond acceptors (Lipinski definition) is 3. The highest BCUT2D eigenvalue weighted by atomic mass is 32.2. The summed E-state index contributed by atoms with van der Waals surface area (Å²) in [6, 6.07) is 8.89. The van der Waals surface area contributed by atoms with Gasteiger partial charge in [-0.05, 0) is 36.3 Å². The summed E-state index contributed by atoms with van der Waals surface area (Å²) in [5.74, 6) is -0.128. The maximum Gasteiger partial charge on any atom is 0.215 e. The fourth-order valence-electron chi connectivity index (χ4n) is 3.05. The van der Waals surface area contributed by atoms with E-state index in [2.05, 4.69) is 11.6 Å². The molecule has 4 nitrogen and oxygen atoms in total. The molecule has 0 radical (unpaired) electrons. The maximum absolute atomic E-state index is 12.3. The molecule has 1 aliphatic rings. The molecule has 0 aromatic heterocycles. The summed E-state index contributed by atoms with van der Waals surface area (Å²) in [6.45, 7) is 2.64. The minimum Gasteiger partial charge on any atom is -0.214 e. The summed E-state index contributed by atoms with van der Waals surface area (Å²) in [7, 11) is -3.40. The molecular weight excluding hydrogens is 284 g/mol. The van der Waals surface area contributed by atoms with E-state index in [0.717, 1.165) is 19.3 Å². The first-order valence-corrected chi connectivity index (χ1v) is 9.11. The van der Waals surface area contributed by atoms with Crippen LogP contribution in [0.15, 0.2) is 24.3 Å². The molecule has 1 aromatic carbocycles. The van der Waals surface area contributed by atoms with E-state index < -0.39 is 10.0 Å². The lowest BCUT2D eigenvalue weighted by atomic mass is 9.84. The molecule has 0 bridgehead atoms. The summed E-state index contributed by atoms with van der Waals surface area (Å²) in [4.78, 5) is 0. The third-order valence-electron chi connectivity index (χ3n) is 4.56. The van der Waals surface area contributed by atoms with Crippen molar-refractivity contribution in [2.45, 2.75) is 44.8 Å². The fourth-order valence-corrected chi connectivity index (χ4v) is 4.34. The van der Waals surface area contributed by atoms with Crippen LogP contribution in [0.25, 0.3) is 0 Å². The second-order valence-electron chi connectivity index (χ2n) is 5.91. The summed E-state index contributed by atoms with van der Waals surface area (Å²) in [5.41, 5.74) is 1.11. The highest BCUT2D eigenvalue weighted by molar-refractivity contribution is 7.88. The molecule has 0 spiro atoms. The molecule has 21 heavy (non-hydrogen) atoms. The van der Waals surface area contributed by atoms with Gasteiger partial charge in [0.05, 0.1) is 17.4 Å². The van der Waals surface area contributed by atoms with Crippen molar-refractivity contribution < 1.29 is 8.42 Å². The third-order valence-corrected chi connectivity index (χ3v) is 5.84. The number of nitrogens with zero attached hydrogens (tertiary/aromatic N) is 1. The van der Waals surface area contributed by atoms with Crippen LogP contribution in [0.4, 0.5) is 0 Å². The van der Waals surface area contributed by atoms with Gasteiger partial charge in [0.15, 0.2) is 0 Å². The molecule has 0 amide bonds. The third kappa shape index (κ3) is 4.05. The van der Waals surface area contributed by atoms with Crippen molar-refractivity contribution in [2.24, 2.45) is 5.41 Å². The second kappa shape index (κ2) is 6.59. The van der Waals surface area contributed by atoms with E-state index >= 15 is 0 Å². The van der Waals surface area contributed by atoms with Crippen LogP contribution in [0.5, 0.6) is 0 Å². The van der Waals surface area contributed by atoms with Crippen molar-refractivity contribution in [1.82, 2.24) is 4.72 Å². The summed E-state index contributed by atoms with van der Waals surface area (Å²) in [6.07, 6.45) is 5.57. The first kappa shape index (κ1) is 16.0. The lowest BCUT2D eigenvalue weighted by Gasteiger charge is -2.27. The molecule has 1 aromatic rings. The van der Waals surface area contributed by atoms with Gasteiger partial charge in [0.25, 0.3) is 0 Å². The second-order valence-corrected chi connectivity index (χ2v) is 7.72. The van der Waals surface area contributed by atoms with Gasteiger partial charge in [0, 0.05) is 6.54 Å². The average molecular weight is 306 g/mol. The highest BCUT2D eigenvalue weighted by Crippen LogP contribution is 2.40. The Morgan fingerprint density at radius 3 is 2.57 bits per heavy atom. The minimum atomic E-state index is -3.40. The van der Waals surface area contributed by atoms with Crippen molar-refractivity contribution in [3.8, 4) is 6.07 Å². The van der Waals surface area contributed by atoms with Gasteiger partial charge in [0.2, 0.25) is 10.0 Å². The number of nitriles is 1. The molecule has 1 saturated carbocycles. The monoisotopic (exact) mass is 306 g/mol. The number of sulfonamides is 1.